The number of carbonyl (C=O) groups is 2. The highest BCUT2D eigenvalue weighted by Crippen LogP contribution is 2.17. The number of nitrogens with one attached hydrogen (secondary N) is 3. The standard InChI is InChI=1S/C23H29N5O3/c1-6-24-22(30)16-11-28(10-13(2)3)12-17(20(16)29)23(31)25-15(5)21-26-18-8-7-14(4)9-19(18)27-21/h7-9,11-13,15H,6,10H2,1-5H3,(H,24,30)(H,25,31)(H,26,27). The summed E-state index contributed by atoms with van der Waals surface area (Å²) in [5.74, 6) is -0.159. The van der Waals surface area contributed by atoms with E-state index in [1.165, 1.54) is 12.4 Å². The number of hydrogen-bond donors (Lipinski definition) is 3. The lowest BCUT2D eigenvalue weighted by Crippen LogP contribution is -2.36. The van der Waals surface area contributed by atoms with Gasteiger partial charge in [0.1, 0.15) is 17.0 Å². The Hall–Kier alpha value is -3.42. The predicted octanol–water partition coefficient (Wildman–Crippen LogP) is 2.93. The van der Waals surface area contributed by atoms with E-state index in [1.807, 2.05) is 39.0 Å². The summed E-state index contributed by atoms with van der Waals surface area (Å²) >= 11 is 0. The number of amides is 2. The van der Waals surface area contributed by atoms with Crippen molar-refractivity contribution < 1.29 is 9.59 Å². The highest BCUT2D eigenvalue weighted by Gasteiger charge is 2.22. The number of aromatic amines is 1. The second-order valence-corrected chi connectivity index (χ2v) is 8.20. The molecule has 1 aromatic carbocycles. The number of fused-ring (bicyclic) bond motifs is 1. The predicted molar refractivity (Wildman–Crippen MR) is 120 cm³/mol. The van der Waals surface area contributed by atoms with Gasteiger partial charge >= 0.3 is 0 Å². The van der Waals surface area contributed by atoms with Crippen LogP contribution < -0.4 is 16.1 Å². The Bertz CT molecular complexity index is 1180. The van der Waals surface area contributed by atoms with E-state index in [1.54, 1.807) is 18.4 Å². The second-order valence-electron chi connectivity index (χ2n) is 8.20. The van der Waals surface area contributed by atoms with Gasteiger partial charge in [0.15, 0.2) is 0 Å². The van der Waals surface area contributed by atoms with Gasteiger partial charge in [-0.2, -0.15) is 0 Å². The molecule has 0 saturated carbocycles. The van der Waals surface area contributed by atoms with E-state index in [2.05, 4.69) is 20.6 Å². The molecule has 164 valence electrons. The lowest BCUT2D eigenvalue weighted by atomic mass is 10.1. The molecule has 0 aliphatic heterocycles. The molecule has 0 radical (unpaired) electrons. The first-order valence-electron chi connectivity index (χ1n) is 10.5. The van der Waals surface area contributed by atoms with Gasteiger partial charge in [-0.3, -0.25) is 14.4 Å². The number of H-pyrrole nitrogens is 1. The maximum atomic E-state index is 13.0. The molecule has 0 aliphatic rings. The number of aryl methyl sites for hydroxylation is 1. The number of hydrogen-bond acceptors (Lipinski definition) is 4. The molecule has 0 aliphatic carbocycles. The minimum absolute atomic E-state index is 0.0398. The third-order valence-corrected chi connectivity index (χ3v) is 4.90. The van der Waals surface area contributed by atoms with Crippen molar-refractivity contribution in [2.45, 2.75) is 47.2 Å². The number of rotatable bonds is 7. The van der Waals surface area contributed by atoms with Crippen molar-refractivity contribution in [1.82, 2.24) is 25.2 Å². The van der Waals surface area contributed by atoms with E-state index in [9.17, 15) is 14.4 Å². The lowest BCUT2D eigenvalue weighted by molar-refractivity contribution is 0.0936. The van der Waals surface area contributed by atoms with E-state index >= 15 is 0 Å². The van der Waals surface area contributed by atoms with Crippen molar-refractivity contribution in [2.24, 2.45) is 5.92 Å². The quantitative estimate of drug-likeness (QED) is 0.543. The van der Waals surface area contributed by atoms with Crippen LogP contribution in [0, 0.1) is 12.8 Å². The number of nitrogens with zero attached hydrogens (tertiary/aromatic N) is 2. The molecule has 0 spiro atoms. The number of benzene rings is 1. The maximum absolute atomic E-state index is 13.0. The zero-order valence-corrected chi connectivity index (χ0v) is 18.6. The Kier molecular flexibility index (Phi) is 6.58. The van der Waals surface area contributed by atoms with Gasteiger partial charge in [-0.15, -0.1) is 0 Å². The van der Waals surface area contributed by atoms with Gasteiger partial charge in [0.2, 0.25) is 5.43 Å². The molecule has 2 aromatic heterocycles. The first-order valence-corrected chi connectivity index (χ1v) is 10.5. The van der Waals surface area contributed by atoms with E-state index in [0.717, 1.165) is 16.6 Å². The zero-order valence-electron chi connectivity index (χ0n) is 18.6. The number of imidazole rings is 1. The van der Waals surface area contributed by atoms with E-state index < -0.39 is 23.3 Å². The van der Waals surface area contributed by atoms with Crippen LogP contribution in [0.3, 0.4) is 0 Å². The largest absolute Gasteiger partial charge is 0.352 e. The first-order chi connectivity index (χ1) is 14.7. The Morgan fingerprint density at radius 1 is 1.13 bits per heavy atom. The summed E-state index contributed by atoms with van der Waals surface area (Å²) in [5.41, 5.74) is 2.10. The summed E-state index contributed by atoms with van der Waals surface area (Å²) in [4.78, 5) is 46.0. The van der Waals surface area contributed by atoms with Crippen molar-refractivity contribution in [3.8, 4) is 0 Å². The minimum Gasteiger partial charge on any atom is -0.352 e. The Morgan fingerprint density at radius 3 is 2.45 bits per heavy atom. The van der Waals surface area contributed by atoms with Crippen LogP contribution in [-0.2, 0) is 6.54 Å². The number of pyridine rings is 1. The SMILES string of the molecule is CCNC(=O)c1cn(CC(C)C)cc(C(=O)NC(C)c2nc3ccc(C)cc3[nH]2)c1=O. The van der Waals surface area contributed by atoms with Gasteiger partial charge in [0.05, 0.1) is 17.1 Å². The molecule has 0 bridgehead atoms. The van der Waals surface area contributed by atoms with Crippen molar-refractivity contribution >= 4 is 22.8 Å². The first kappa shape index (κ1) is 22.3. The molecule has 31 heavy (non-hydrogen) atoms. The summed E-state index contributed by atoms with van der Waals surface area (Å²) in [6.45, 7) is 10.6. The average molecular weight is 424 g/mol. The average Bonchev–Trinajstić information content (AvgIpc) is 3.12. The number of aromatic nitrogens is 3. The molecule has 1 atom stereocenters. The molecule has 1 unspecified atom stereocenters. The highest BCUT2D eigenvalue weighted by molar-refractivity contribution is 5.99. The molecule has 3 rings (SSSR count). The fourth-order valence-electron chi connectivity index (χ4n) is 3.43. The third-order valence-electron chi connectivity index (χ3n) is 4.90. The molecule has 8 heteroatoms. The zero-order chi connectivity index (χ0) is 22.7. The van der Waals surface area contributed by atoms with Gasteiger partial charge in [0.25, 0.3) is 11.8 Å². The van der Waals surface area contributed by atoms with Crippen LogP contribution >= 0.6 is 0 Å². The summed E-state index contributed by atoms with van der Waals surface area (Å²) in [6.07, 6.45) is 3.02. The van der Waals surface area contributed by atoms with Gasteiger partial charge < -0.3 is 20.2 Å². The lowest BCUT2D eigenvalue weighted by Gasteiger charge is -2.15. The third kappa shape index (κ3) is 5.02. The topological polar surface area (TPSA) is 109 Å². The smallest absolute Gasteiger partial charge is 0.257 e. The fourth-order valence-corrected chi connectivity index (χ4v) is 3.43. The molecule has 3 aromatic rings. The van der Waals surface area contributed by atoms with Crippen LogP contribution in [0.25, 0.3) is 11.0 Å². The maximum Gasteiger partial charge on any atom is 0.257 e. The van der Waals surface area contributed by atoms with Crippen LogP contribution in [0.5, 0.6) is 0 Å². The molecule has 3 N–H and O–H groups in total. The van der Waals surface area contributed by atoms with Crippen LogP contribution in [0.15, 0.2) is 35.4 Å². The molecule has 0 fully saturated rings. The molecule has 2 heterocycles. The second kappa shape index (κ2) is 9.16. The molecule has 8 nitrogen and oxygen atoms in total. The van der Waals surface area contributed by atoms with Crippen LogP contribution in [0.1, 0.15) is 65.8 Å². The summed E-state index contributed by atoms with van der Waals surface area (Å²) in [5, 5.41) is 5.47. The number of carbonyl (C=O) groups excluding carboxylic acids is 2. The minimum atomic E-state index is -0.587. The van der Waals surface area contributed by atoms with Crippen LogP contribution in [-0.4, -0.2) is 32.9 Å². The van der Waals surface area contributed by atoms with Gasteiger partial charge in [-0.25, -0.2) is 4.98 Å². The van der Waals surface area contributed by atoms with E-state index in [0.29, 0.717) is 18.9 Å². The van der Waals surface area contributed by atoms with Gasteiger partial charge in [0, 0.05) is 25.5 Å². The van der Waals surface area contributed by atoms with Crippen molar-refractivity contribution in [3.63, 3.8) is 0 Å². The van der Waals surface area contributed by atoms with Gasteiger partial charge in [-0.1, -0.05) is 19.9 Å². The molecular weight excluding hydrogens is 394 g/mol. The molecule has 0 saturated heterocycles. The van der Waals surface area contributed by atoms with Crippen LogP contribution in [0.2, 0.25) is 0 Å². The van der Waals surface area contributed by atoms with Crippen molar-refractivity contribution in [1.29, 1.82) is 0 Å². The molecular formula is C23H29N5O3. The monoisotopic (exact) mass is 423 g/mol. The van der Waals surface area contributed by atoms with Crippen molar-refractivity contribution in [2.75, 3.05) is 6.54 Å². The Morgan fingerprint density at radius 2 is 1.81 bits per heavy atom. The van der Waals surface area contributed by atoms with Crippen molar-refractivity contribution in [3.05, 3.63) is 63.3 Å². The fraction of sp³-hybridized carbons (Fsp3) is 0.391. The normalized spacial score (nSPS) is 12.2. The Balaban J connectivity index is 1.92. The summed E-state index contributed by atoms with van der Waals surface area (Å²) < 4.78 is 1.72. The Labute approximate surface area is 181 Å². The molecule has 2 amide bonds. The van der Waals surface area contributed by atoms with Gasteiger partial charge in [-0.05, 0) is 44.4 Å². The van der Waals surface area contributed by atoms with E-state index in [4.69, 9.17) is 0 Å². The van der Waals surface area contributed by atoms with Crippen LogP contribution in [0.4, 0.5) is 0 Å². The van der Waals surface area contributed by atoms with E-state index in [-0.39, 0.29) is 17.0 Å². The summed E-state index contributed by atoms with van der Waals surface area (Å²) in [6, 6.07) is 5.42. The summed E-state index contributed by atoms with van der Waals surface area (Å²) in [7, 11) is 0. The highest BCUT2D eigenvalue weighted by atomic mass is 16.2.